The van der Waals surface area contributed by atoms with Crippen molar-refractivity contribution in [3.63, 3.8) is 0 Å². The molecule has 4 rings (SSSR count). The van der Waals surface area contributed by atoms with Crippen molar-refractivity contribution >= 4 is 11.8 Å². The molecule has 0 saturated carbocycles. The smallest absolute Gasteiger partial charge is 0.0899 e. The summed E-state index contributed by atoms with van der Waals surface area (Å²) in [7, 11) is 0. The third kappa shape index (κ3) is 3.53. The maximum absolute atomic E-state index is 4.87. The number of rotatable bonds is 4. The van der Waals surface area contributed by atoms with Crippen LogP contribution in [0.5, 0.6) is 0 Å². The lowest BCUT2D eigenvalue weighted by atomic mass is 10.0. The van der Waals surface area contributed by atoms with E-state index >= 15 is 0 Å². The van der Waals surface area contributed by atoms with Crippen LogP contribution >= 0.6 is 11.8 Å². The summed E-state index contributed by atoms with van der Waals surface area (Å²) in [4.78, 5) is 10.6. The van der Waals surface area contributed by atoms with Gasteiger partial charge < -0.3 is 0 Å². The van der Waals surface area contributed by atoms with E-state index in [1.807, 2.05) is 36.4 Å². The van der Waals surface area contributed by atoms with Crippen LogP contribution in [0.25, 0.3) is 33.8 Å². The van der Waals surface area contributed by atoms with E-state index in [9.17, 15) is 0 Å². The molecule has 2 heterocycles. The highest BCUT2D eigenvalue weighted by molar-refractivity contribution is 7.98. The highest BCUT2D eigenvalue weighted by Gasteiger charge is 2.09. The predicted octanol–water partition coefficient (Wildman–Crippen LogP) is 6.20. The average molecular weight is 354 g/mol. The summed E-state index contributed by atoms with van der Waals surface area (Å²) in [6.07, 6.45) is 3.90. The zero-order chi connectivity index (χ0) is 17.8. The summed E-state index contributed by atoms with van der Waals surface area (Å²) in [6.45, 7) is 0. The largest absolute Gasteiger partial charge is 0.255 e. The SMILES string of the molecule is CSc1ccc(-c2cc(-c3ccccc3)nc(-c3ccccn3)c2)cc1. The lowest BCUT2D eigenvalue weighted by Gasteiger charge is -2.10. The molecule has 0 aliphatic carbocycles. The number of benzene rings is 2. The Morgan fingerprint density at radius 1 is 0.615 bits per heavy atom. The zero-order valence-corrected chi connectivity index (χ0v) is 15.3. The third-order valence-corrected chi connectivity index (χ3v) is 4.99. The lowest BCUT2D eigenvalue weighted by Crippen LogP contribution is -1.92. The first-order valence-corrected chi connectivity index (χ1v) is 9.69. The van der Waals surface area contributed by atoms with Crippen LogP contribution in [0.4, 0.5) is 0 Å². The molecule has 0 spiro atoms. The van der Waals surface area contributed by atoms with E-state index in [1.54, 1.807) is 18.0 Å². The Balaban J connectivity index is 1.87. The molecular weight excluding hydrogens is 336 g/mol. The van der Waals surface area contributed by atoms with E-state index in [0.29, 0.717) is 0 Å². The van der Waals surface area contributed by atoms with Gasteiger partial charge in [-0.05, 0) is 53.8 Å². The fourth-order valence-electron chi connectivity index (χ4n) is 2.88. The van der Waals surface area contributed by atoms with Crippen molar-refractivity contribution in [1.29, 1.82) is 0 Å². The van der Waals surface area contributed by atoms with E-state index in [0.717, 1.165) is 28.2 Å². The normalized spacial score (nSPS) is 10.7. The second kappa shape index (κ2) is 7.54. The maximum atomic E-state index is 4.87. The Hall–Kier alpha value is -2.91. The van der Waals surface area contributed by atoms with Crippen molar-refractivity contribution in [3.8, 4) is 33.8 Å². The van der Waals surface area contributed by atoms with Gasteiger partial charge in [0.1, 0.15) is 0 Å². The Morgan fingerprint density at radius 3 is 2.04 bits per heavy atom. The molecule has 0 N–H and O–H groups in total. The van der Waals surface area contributed by atoms with E-state index in [4.69, 9.17) is 4.98 Å². The summed E-state index contributed by atoms with van der Waals surface area (Å²) in [5.41, 5.74) is 6.15. The molecule has 2 aromatic carbocycles. The number of hydrogen-bond acceptors (Lipinski definition) is 3. The lowest BCUT2D eigenvalue weighted by molar-refractivity contribution is 1.25. The molecule has 0 saturated heterocycles. The van der Waals surface area contributed by atoms with Crippen LogP contribution in [0.2, 0.25) is 0 Å². The van der Waals surface area contributed by atoms with Gasteiger partial charge in [-0.25, -0.2) is 4.98 Å². The van der Waals surface area contributed by atoms with E-state index in [2.05, 4.69) is 59.8 Å². The molecule has 0 aliphatic heterocycles. The number of nitrogens with zero attached hydrogens (tertiary/aromatic N) is 2. The van der Waals surface area contributed by atoms with Crippen LogP contribution in [0, 0.1) is 0 Å². The Bertz CT molecular complexity index is 940. The third-order valence-electron chi connectivity index (χ3n) is 4.25. The molecule has 2 nitrogen and oxygen atoms in total. The number of aromatic nitrogens is 2. The van der Waals surface area contributed by atoms with Crippen molar-refractivity contribution in [3.05, 3.63) is 91.1 Å². The fourth-order valence-corrected chi connectivity index (χ4v) is 3.29. The molecular formula is C23H18N2S. The van der Waals surface area contributed by atoms with Crippen LogP contribution in [0.3, 0.4) is 0 Å². The van der Waals surface area contributed by atoms with Crippen LogP contribution in [-0.2, 0) is 0 Å². The molecule has 0 fully saturated rings. The molecule has 126 valence electrons. The Morgan fingerprint density at radius 2 is 1.35 bits per heavy atom. The van der Waals surface area contributed by atoms with Crippen LogP contribution < -0.4 is 0 Å². The minimum atomic E-state index is 0.882. The van der Waals surface area contributed by atoms with Crippen LogP contribution in [0.15, 0.2) is 96.0 Å². The van der Waals surface area contributed by atoms with Crippen LogP contribution in [-0.4, -0.2) is 16.2 Å². The molecule has 0 bridgehead atoms. The topological polar surface area (TPSA) is 25.8 Å². The second-order valence-corrected chi connectivity index (χ2v) is 6.82. The molecule has 0 radical (unpaired) electrons. The molecule has 0 amide bonds. The molecule has 26 heavy (non-hydrogen) atoms. The first kappa shape index (κ1) is 16.6. The van der Waals surface area contributed by atoms with Gasteiger partial charge in [-0.15, -0.1) is 11.8 Å². The standard InChI is InChI=1S/C23H18N2S/c1-26-20-12-10-17(11-13-20)19-15-22(18-7-3-2-4-8-18)25-23(16-19)21-9-5-6-14-24-21/h2-16H,1H3. The van der Waals surface area contributed by atoms with Gasteiger partial charge in [0.05, 0.1) is 17.1 Å². The van der Waals surface area contributed by atoms with E-state index < -0.39 is 0 Å². The summed E-state index contributed by atoms with van der Waals surface area (Å²) in [5.74, 6) is 0. The van der Waals surface area contributed by atoms with Crippen LogP contribution in [0.1, 0.15) is 0 Å². The molecule has 0 unspecified atom stereocenters. The fraction of sp³-hybridized carbons (Fsp3) is 0.0435. The summed E-state index contributed by atoms with van der Waals surface area (Å²) < 4.78 is 0. The zero-order valence-electron chi connectivity index (χ0n) is 14.5. The van der Waals surface area contributed by atoms with Crippen molar-refractivity contribution < 1.29 is 0 Å². The maximum Gasteiger partial charge on any atom is 0.0899 e. The number of pyridine rings is 2. The van der Waals surface area contributed by atoms with Gasteiger partial charge in [0, 0.05) is 16.7 Å². The van der Waals surface area contributed by atoms with Gasteiger partial charge in [0.15, 0.2) is 0 Å². The van der Waals surface area contributed by atoms with Gasteiger partial charge in [0.25, 0.3) is 0 Å². The second-order valence-electron chi connectivity index (χ2n) is 5.94. The van der Waals surface area contributed by atoms with Crippen molar-refractivity contribution in [2.24, 2.45) is 0 Å². The molecule has 3 heteroatoms. The minimum absolute atomic E-state index is 0.882. The molecule has 4 aromatic rings. The monoisotopic (exact) mass is 354 g/mol. The molecule has 0 aliphatic rings. The Kier molecular flexibility index (Phi) is 4.80. The van der Waals surface area contributed by atoms with Crippen molar-refractivity contribution in [2.45, 2.75) is 4.90 Å². The summed E-state index contributed by atoms with van der Waals surface area (Å²) in [5, 5.41) is 0. The highest BCUT2D eigenvalue weighted by Crippen LogP contribution is 2.30. The molecule has 2 aromatic heterocycles. The first-order valence-electron chi connectivity index (χ1n) is 8.47. The average Bonchev–Trinajstić information content (AvgIpc) is 2.75. The minimum Gasteiger partial charge on any atom is -0.255 e. The van der Waals surface area contributed by atoms with Gasteiger partial charge in [-0.2, -0.15) is 0 Å². The quantitative estimate of drug-likeness (QED) is 0.408. The van der Waals surface area contributed by atoms with Crippen molar-refractivity contribution in [2.75, 3.05) is 6.26 Å². The van der Waals surface area contributed by atoms with Crippen molar-refractivity contribution in [1.82, 2.24) is 9.97 Å². The number of hydrogen-bond donors (Lipinski definition) is 0. The first-order chi connectivity index (χ1) is 12.8. The number of thioether (sulfide) groups is 1. The van der Waals surface area contributed by atoms with E-state index in [1.165, 1.54) is 10.5 Å². The van der Waals surface area contributed by atoms with E-state index in [-0.39, 0.29) is 0 Å². The Labute approximate surface area is 158 Å². The predicted molar refractivity (Wildman–Crippen MR) is 110 cm³/mol. The van der Waals surface area contributed by atoms with Gasteiger partial charge in [-0.1, -0.05) is 48.5 Å². The summed E-state index contributed by atoms with van der Waals surface area (Å²) >= 11 is 1.75. The summed E-state index contributed by atoms with van der Waals surface area (Å²) in [6, 6.07) is 29.1. The highest BCUT2D eigenvalue weighted by atomic mass is 32.2. The molecule has 0 atom stereocenters. The van der Waals surface area contributed by atoms with Gasteiger partial charge in [0.2, 0.25) is 0 Å². The van der Waals surface area contributed by atoms with Gasteiger partial charge in [-0.3, -0.25) is 4.98 Å². The van der Waals surface area contributed by atoms with Gasteiger partial charge >= 0.3 is 0 Å².